The van der Waals surface area contributed by atoms with E-state index < -0.39 is 17.9 Å². The number of aliphatic carboxylic acids is 3. The third kappa shape index (κ3) is 65.2. The molecule has 9 heteroatoms. The summed E-state index contributed by atoms with van der Waals surface area (Å²) in [4.78, 5) is 30.8. The largest absolute Gasteiger partial charge is 0.481 e. The molecule has 0 aromatic heterocycles. The first kappa shape index (κ1) is 64.2. The molecule has 330 valence electrons. The predicted octanol–water partition coefficient (Wildman–Crippen LogP) is 11.8. The maximum atomic E-state index is 10.3. The molecule has 0 fully saturated rings. The van der Waals surface area contributed by atoms with E-state index in [1.54, 1.807) is 0 Å². The maximum absolute atomic E-state index is 10.3. The van der Waals surface area contributed by atoms with Crippen LogP contribution in [0, 0.1) is 50.2 Å². The zero-order valence-electron chi connectivity index (χ0n) is 40.1. The molecule has 9 nitrogen and oxygen atoms in total. The Kier molecular flexibility index (Phi) is 34.1. The number of aliphatic hydroxyl groups is 3. The van der Waals surface area contributed by atoms with Gasteiger partial charge in [0, 0.05) is 19.3 Å². The summed E-state index contributed by atoms with van der Waals surface area (Å²) in [6.07, 6.45) is 2.98. The Bertz CT molecular complexity index is 817. The van der Waals surface area contributed by atoms with E-state index in [0.29, 0.717) is 0 Å². The van der Waals surface area contributed by atoms with Crippen LogP contribution in [0.5, 0.6) is 0 Å². The van der Waals surface area contributed by atoms with E-state index in [0.717, 1.165) is 19.3 Å². The molecule has 0 saturated heterocycles. The highest BCUT2D eigenvalue weighted by Crippen LogP contribution is 2.29. The fourth-order valence-electron chi connectivity index (χ4n) is 4.36. The van der Waals surface area contributed by atoms with Gasteiger partial charge in [-0.1, -0.05) is 145 Å². The molecule has 0 bridgehead atoms. The first-order valence-corrected chi connectivity index (χ1v) is 20.0. The van der Waals surface area contributed by atoms with Gasteiger partial charge in [0.05, 0.1) is 18.3 Å². The number of rotatable bonds is 9. The van der Waals surface area contributed by atoms with Gasteiger partial charge in [-0.15, -0.1) is 0 Å². The highest BCUT2D eigenvalue weighted by Gasteiger charge is 2.23. The van der Waals surface area contributed by atoms with Crippen LogP contribution >= 0.6 is 0 Å². The van der Waals surface area contributed by atoms with Crippen molar-refractivity contribution in [3.63, 3.8) is 0 Å². The predicted molar refractivity (Wildman–Crippen MR) is 230 cm³/mol. The number of hydrogen-bond donors (Lipinski definition) is 6. The van der Waals surface area contributed by atoms with Crippen molar-refractivity contribution >= 4 is 17.9 Å². The molecule has 0 amide bonds. The van der Waals surface area contributed by atoms with Crippen molar-refractivity contribution < 1.29 is 45.0 Å². The van der Waals surface area contributed by atoms with Crippen LogP contribution in [-0.2, 0) is 14.4 Å². The molecule has 6 N–H and O–H groups in total. The summed E-state index contributed by atoms with van der Waals surface area (Å²) in [6.45, 7) is 49.0. The van der Waals surface area contributed by atoms with Gasteiger partial charge in [-0.2, -0.15) is 0 Å². The lowest BCUT2D eigenvalue weighted by molar-refractivity contribution is -0.139. The molecule has 0 aromatic carbocycles. The molecule has 0 aromatic rings. The van der Waals surface area contributed by atoms with Crippen LogP contribution in [0.1, 0.15) is 205 Å². The third-order valence-corrected chi connectivity index (χ3v) is 8.60. The van der Waals surface area contributed by atoms with Gasteiger partial charge in [0.2, 0.25) is 0 Å². The van der Waals surface area contributed by atoms with Gasteiger partial charge in [0.15, 0.2) is 0 Å². The lowest BCUT2D eigenvalue weighted by atomic mass is 9.80. The normalized spacial score (nSPS) is 15.4. The summed E-state index contributed by atoms with van der Waals surface area (Å²) < 4.78 is 0. The van der Waals surface area contributed by atoms with E-state index in [9.17, 15) is 14.4 Å². The minimum atomic E-state index is -0.706. The Morgan fingerprint density at radius 3 is 0.500 bits per heavy atom. The fourth-order valence-corrected chi connectivity index (χ4v) is 4.36. The molecule has 0 radical (unpaired) electrons. The monoisotopic (exact) mass is 781 g/mol. The quantitative estimate of drug-likeness (QED) is 0.133. The molecule has 0 rings (SSSR count). The van der Waals surface area contributed by atoms with E-state index in [-0.39, 0.29) is 87.8 Å². The number of carboxylic acids is 3. The molecular formula is C45H96O9. The molecule has 0 aliphatic rings. The van der Waals surface area contributed by atoms with Gasteiger partial charge in [-0.05, 0) is 90.3 Å². The van der Waals surface area contributed by atoms with Crippen molar-refractivity contribution in [2.24, 2.45) is 50.2 Å². The summed E-state index contributed by atoms with van der Waals surface area (Å²) >= 11 is 0. The van der Waals surface area contributed by atoms with Crippen LogP contribution in [0.4, 0.5) is 0 Å². The number of carbonyl (C=O) groups is 3. The van der Waals surface area contributed by atoms with Gasteiger partial charge in [-0.3, -0.25) is 14.4 Å². The van der Waals surface area contributed by atoms with Crippen LogP contribution in [0.25, 0.3) is 0 Å². The fraction of sp³-hybridized carbons (Fsp3) is 0.933. The van der Waals surface area contributed by atoms with Crippen molar-refractivity contribution in [2.45, 2.75) is 223 Å². The molecule has 2 unspecified atom stereocenters. The van der Waals surface area contributed by atoms with E-state index in [1.165, 1.54) is 0 Å². The summed E-state index contributed by atoms with van der Waals surface area (Å²) in [7, 11) is 0. The topological polar surface area (TPSA) is 173 Å². The van der Waals surface area contributed by atoms with Gasteiger partial charge in [0.25, 0.3) is 0 Å². The molecular weight excluding hydrogens is 684 g/mol. The second-order valence-corrected chi connectivity index (χ2v) is 22.4. The molecule has 0 aliphatic heterocycles. The Morgan fingerprint density at radius 2 is 0.481 bits per heavy atom. The van der Waals surface area contributed by atoms with Crippen molar-refractivity contribution in [3.8, 4) is 0 Å². The van der Waals surface area contributed by atoms with Gasteiger partial charge in [-0.25, -0.2) is 0 Å². The standard InChI is InChI=1S/3C8H16O2.3C7H16O/c3*1-6(5-7(9)10)8(2,3)4;3*1-6(8)5-7(2,3)4/h3*6H,5H2,1-4H3,(H,9,10);3*6,8H,5H2,1-4H3/t2*6-;;2*6-;/m10.10./s1. The van der Waals surface area contributed by atoms with Crippen LogP contribution in [0.2, 0.25) is 0 Å². The molecule has 6 atom stereocenters. The second-order valence-electron chi connectivity index (χ2n) is 22.4. The third-order valence-electron chi connectivity index (χ3n) is 8.60. The summed E-state index contributed by atoms with van der Waals surface area (Å²) in [5, 5.41) is 52.0. The average molecular weight is 781 g/mol. The van der Waals surface area contributed by atoms with E-state index in [1.807, 2.05) is 41.5 Å². The highest BCUT2D eigenvalue weighted by atomic mass is 16.4. The van der Waals surface area contributed by atoms with Crippen LogP contribution in [-0.4, -0.2) is 66.9 Å². The smallest absolute Gasteiger partial charge is 0.303 e. The Morgan fingerprint density at radius 1 is 0.352 bits per heavy atom. The zero-order valence-corrected chi connectivity index (χ0v) is 40.1. The van der Waals surface area contributed by atoms with E-state index in [4.69, 9.17) is 30.6 Å². The van der Waals surface area contributed by atoms with Crippen molar-refractivity contribution in [1.82, 2.24) is 0 Å². The molecule has 0 spiro atoms. The summed E-state index contributed by atoms with van der Waals surface area (Å²) in [5.74, 6) is -1.40. The number of hydrogen-bond acceptors (Lipinski definition) is 6. The minimum Gasteiger partial charge on any atom is -0.481 e. The lowest BCUT2D eigenvalue weighted by Gasteiger charge is -2.25. The number of carboxylic acid groups (broad SMARTS) is 3. The summed E-state index contributed by atoms with van der Waals surface area (Å²) in [6, 6.07) is 0. The molecule has 0 saturated carbocycles. The van der Waals surface area contributed by atoms with Crippen LogP contribution in [0.3, 0.4) is 0 Å². The van der Waals surface area contributed by atoms with Crippen LogP contribution in [0.15, 0.2) is 0 Å². The van der Waals surface area contributed by atoms with Crippen molar-refractivity contribution in [1.29, 1.82) is 0 Å². The molecule has 0 heterocycles. The molecule has 0 aliphatic carbocycles. The number of aliphatic hydroxyl groups excluding tert-OH is 3. The second kappa shape index (κ2) is 28.6. The Labute approximate surface area is 335 Å². The average Bonchev–Trinajstić information content (AvgIpc) is 2.78. The van der Waals surface area contributed by atoms with E-state index >= 15 is 0 Å². The van der Waals surface area contributed by atoms with Gasteiger partial charge < -0.3 is 30.6 Å². The van der Waals surface area contributed by atoms with Crippen molar-refractivity contribution in [3.05, 3.63) is 0 Å². The summed E-state index contributed by atoms with van der Waals surface area (Å²) in [5.41, 5.74) is 1.14. The van der Waals surface area contributed by atoms with Gasteiger partial charge >= 0.3 is 17.9 Å². The minimum absolute atomic E-state index is 0.110. The zero-order chi connectivity index (χ0) is 45.4. The Hall–Kier alpha value is -1.71. The first-order valence-electron chi connectivity index (χ1n) is 20.0. The SMILES string of the molecule is CC(CC(=O)O)C(C)(C)C.CC(O)CC(C)(C)C.C[C@@H](CC(=O)O)C(C)(C)C.C[C@@H](O)CC(C)(C)C.C[C@H](CC(=O)O)C(C)(C)C.C[C@H](O)CC(C)(C)C. The highest BCUT2D eigenvalue weighted by molar-refractivity contribution is 5.67. The van der Waals surface area contributed by atoms with E-state index in [2.05, 4.69) is 125 Å². The molecule has 54 heavy (non-hydrogen) atoms. The lowest BCUT2D eigenvalue weighted by Crippen LogP contribution is -2.20. The first-order chi connectivity index (χ1) is 23.3. The maximum Gasteiger partial charge on any atom is 0.303 e. The Balaban J connectivity index is -0.000000128. The van der Waals surface area contributed by atoms with Crippen molar-refractivity contribution in [2.75, 3.05) is 0 Å². The van der Waals surface area contributed by atoms with Gasteiger partial charge in [0.1, 0.15) is 0 Å². The van der Waals surface area contributed by atoms with Crippen LogP contribution < -0.4 is 0 Å².